The summed E-state index contributed by atoms with van der Waals surface area (Å²) in [6, 6.07) is 0.141. The Morgan fingerprint density at radius 3 is 2.73 bits per heavy atom. The molecule has 2 bridgehead atoms. The van der Waals surface area contributed by atoms with Crippen LogP contribution in [0.25, 0.3) is 0 Å². The lowest BCUT2D eigenvalue weighted by molar-refractivity contribution is -0.140. The van der Waals surface area contributed by atoms with Gasteiger partial charge in [0.05, 0.1) is 23.7 Å². The predicted octanol–water partition coefficient (Wildman–Crippen LogP) is 1.82. The van der Waals surface area contributed by atoms with Crippen LogP contribution in [0.5, 0.6) is 0 Å². The van der Waals surface area contributed by atoms with Gasteiger partial charge in [0.25, 0.3) is 0 Å². The van der Waals surface area contributed by atoms with Crippen LogP contribution in [0, 0.1) is 11.8 Å². The van der Waals surface area contributed by atoms with E-state index in [-0.39, 0.29) is 29.7 Å². The molecule has 4 aliphatic heterocycles. The minimum atomic E-state index is -0.0351. The Labute approximate surface area is 159 Å². The molecule has 1 aromatic rings. The van der Waals surface area contributed by atoms with Gasteiger partial charge >= 0.3 is 0 Å². The molecule has 0 saturated carbocycles. The van der Waals surface area contributed by atoms with Gasteiger partial charge in [0.15, 0.2) is 0 Å². The molecule has 4 fully saturated rings. The van der Waals surface area contributed by atoms with E-state index in [1.54, 1.807) is 11.3 Å². The average Bonchev–Trinajstić information content (AvgIpc) is 3.04. The molecule has 0 aromatic carbocycles. The van der Waals surface area contributed by atoms with Gasteiger partial charge in [-0.2, -0.15) is 0 Å². The zero-order valence-electron chi connectivity index (χ0n) is 15.5. The summed E-state index contributed by atoms with van der Waals surface area (Å²) >= 11 is 1.56. The maximum atomic E-state index is 13.1. The first-order valence-electron chi connectivity index (χ1n) is 9.84. The summed E-state index contributed by atoms with van der Waals surface area (Å²) < 4.78 is 0. The fourth-order valence-electron chi connectivity index (χ4n) is 4.67. The van der Waals surface area contributed by atoms with Crippen molar-refractivity contribution in [2.45, 2.75) is 45.2 Å². The van der Waals surface area contributed by atoms with E-state index < -0.39 is 0 Å². The summed E-state index contributed by atoms with van der Waals surface area (Å²) in [4.78, 5) is 36.8. The molecule has 0 spiro atoms. The molecule has 26 heavy (non-hydrogen) atoms. The maximum absolute atomic E-state index is 13.1. The third kappa shape index (κ3) is 3.51. The van der Waals surface area contributed by atoms with Crippen molar-refractivity contribution in [3.63, 3.8) is 0 Å². The zero-order valence-corrected chi connectivity index (χ0v) is 16.3. The lowest BCUT2D eigenvalue weighted by Crippen LogP contribution is -2.48. The topological polar surface area (TPSA) is 56.8 Å². The number of nitrogens with zero attached hydrogens (tertiary/aromatic N) is 4. The normalized spacial score (nSPS) is 27.8. The van der Waals surface area contributed by atoms with E-state index in [0.717, 1.165) is 51.0 Å². The summed E-state index contributed by atoms with van der Waals surface area (Å²) in [6.07, 6.45) is 3.82. The Morgan fingerprint density at radius 2 is 2.04 bits per heavy atom. The van der Waals surface area contributed by atoms with Crippen molar-refractivity contribution in [3.8, 4) is 0 Å². The average molecular weight is 377 g/mol. The number of rotatable bonds is 4. The van der Waals surface area contributed by atoms with Crippen LogP contribution < -0.4 is 0 Å². The molecule has 5 rings (SSSR count). The Hall–Kier alpha value is -1.47. The van der Waals surface area contributed by atoms with Gasteiger partial charge in [0.2, 0.25) is 11.8 Å². The summed E-state index contributed by atoms with van der Waals surface area (Å²) in [6.45, 7) is 7.16. The molecule has 5 heterocycles. The SMILES string of the molecule is CCN1CCC(C(=O)N2C[C@H]3CC[C@@H](C2)N(Cc2cscn2)C3=O)CC1. The van der Waals surface area contributed by atoms with Gasteiger partial charge < -0.3 is 14.7 Å². The third-order valence-electron chi connectivity index (χ3n) is 6.30. The molecule has 0 unspecified atom stereocenters. The second kappa shape index (κ2) is 7.64. The van der Waals surface area contributed by atoms with Crippen molar-refractivity contribution in [2.75, 3.05) is 32.7 Å². The first-order valence-corrected chi connectivity index (χ1v) is 10.8. The van der Waals surface area contributed by atoms with Gasteiger partial charge in [-0.25, -0.2) is 4.98 Å². The van der Waals surface area contributed by atoms with Gasteiger partial charge in [-0.3, -0.25) is 9.59 Å². The van der Waals surface area contributed by atoms with E-state index >= 15 is 0 Å². The van der Waals surface area contributed by atoms with Crippen LogP contribution in [0.3, 0.4) is 0 Å². The number of piperidine rings is 2. The van der Waals surface area contributed by atoms with Crippen molar-refractivity contribution < 1.29 is 9.59 Å². The number of thiazole rings is 1. The summed E-state index contributed by atoms with van der Waals surface area (Å²) in [5.74, 6) is 0.593. The van der Waals surface area contributed by atoms with Crippen LogP contribution in [0.4, 0.5) is 0 Å². The maximum Gasteiger partial charge on any atom is 0.228 e. The summed E-state index contributed by atoms with van der Waals surface area (Å²) in [5.41, 5.74) is 2.77. The number of aromatic nitrogens is 1. The highest BCUT2D eigenvalue weighted by molar-refractivity contribution is 7.07. The molecule has 2 atom stereocenters. The molecule has 0 radical (unpaired) electrons. The number of hydrogen-bond donors (Lipinski definition) is 0. The predicted molar refractivity (Wildman–Crippen MR) is 101 cm³/mol. The van der Waals surface area contributed by atoms with Crippen LogP contribution >= 0.6 is 11.3 Å². The van der Waals surface area contributed by atoms with Gasteiger partial charge in [-0.15, -0.1) is 11.3 Å². The second-order valence-corrected chi connectivity index (χ2v) is 8.54. The monoisotopic (exact) mass is 376 g/mol. The molecule has 4 aliphatic rings. The van der Waals surface area contributed by atoms with Crippen LogP contribution in [0.15, 0.2) is 10.9 Å². The molecular weight excluding hydrogens is 348 g/mol. The Bertz CT molecular complexity index is 642. The summed E-state index contributed by atoms with van der Waals surface area (Å²) in [7, 11) is 0. The highest BCUT2D eigenvalue weighted by atomic mass is 32.1. The van der Waals surface area contributed by atoms with E-state index in [1.165, 1.54) is 0 Å². The number of hydrogen-bond acceptors (Lipinski definition) is 5. The van der Waals surface area contributed by atoms with Gasteiger partial charge in [0.1, 0.15) is 0 Å². The number of likely N-dealkylation sites (tertiary alicyclic amines) is 1. The van der Waals surface area contributed by atoms with E-state index in [2.05, 4.69) is 16.8 Å². The van der Waals surface area contributed by atoms with Crippen molar-refractivity contribution >= 4 is 23.2 Å². The lowest BCUT2D eigenvalue weighted by atomic mass is 9.93. The third-order valence-corrected chi connectivity index (χ3v) is 6.94. The molecule has 1 aromatic heterocycles. The van der Waals surface area contributed by atoms with E-state index in [1.807, 2.05) is 20.7 Å². The van der Waals surface area contributed by atoms with Gasteiger partial charge in [0, 0.05) is 30.4 Å². The van der Waals surface area contributed by atoms with Crippen LogP contribution in [-0.4, -0.2) is 70.3 Å². The van der Waals surface area contributed by atoms with Crippen LogP contribution in [-0.2, 0) is 16.1 Å². The van der Waals surface area contributed by atoms with Crippen molar-refractivity contribution in [1.29, 1.82) is 0 Å². The first kappa shape index (κ1) is 17.9. The highest BCUT2D eigenvalue weighted by Crippen LogP contribution is 2.32. The fraction of sp³-hybridized carbons (Fsp3) is 0.737. The first-order chi connectivity index (χ1) is 12.7. The van der Waals surface area contributed by atoms with Crippen molar-refractivity contribution in [1.82, 2.24) is 19.7 Å². The Morgan fingerprint density at radius 1 is 1.23 bits per heavy atom. The molecular formula is C19H28N4O2S. The van der Waals surface area contributed by atoms with Crippen LogP contribution in [0.1, 0.15) is 38.3 Å². The Kier molecular flexibility index (Phi) is 5.27. The lowest BCUT2D eigenvalue weighted by Gasteiger charge is -2.36. The Balaban J connectivity index is 1.44. The standard InChI is InChI=1S/C19H28N4O2S/c1-2-21-7-5-14(6-8-21)18(24)22-9-15-3-4-17(11-22)23(19(15)25)10-16-12-26-13-20-16/h12-15,17H,2-11H2,1H3/t15-,17+/m1/s1. The number of carbonyl (C=O) groups is 2. The largest absolute Gasteiger partial charge is 0.340 e. The van der Waals surface area contributed by atoms with E-state index in [4.69, 9.17) is 0 Å². The van der Waals surface area contributed by atoms with Gasteiger partial charge in [-0.1, -0.05) is 6.92 Å². The minimum Gasteiger partial charge on any atom is -0.340 e. The molecule has 7 heteroatoms. The number of fused-ring (bicyclic) bond motifs is 4. The highest BCUT2D eigenvalue weighted by Gasteiger charge is 2.43. The molecule has 4 saturated heterocycles. The quantitative estimate of drug-likeness (QED) is 0.804. The van der Waals surface area contributed by atoms with Gasteiger partial charge in [-0.05, 0) is 45.3 Å². The fourth-order valence-corrected chi connectivity index (χ4v) is 5.22. The molecule has 2 amide bonds. The molecule has 142 valence electrons. The summed E-state index contributed by atoms with van der Waals surface area (Å²) in [5, 5.41) is 2.01. The van der Waals surface area contributed by atoms with Crippen LogP contribution in [0.2, 0.25) is 0 Å². The van der Waals surface area contributed by atoms with Crippen molar-refractivity contribution in [2.24, 2.45) is 11.8 Å². The smallest absolute Gasteiger partial charge is 0.228 e. The molecule has 0 aliphatic carbocycles. The van der Waals surface area contributed by atoms with E-state index in [0.29, 0.717) is 19.6 Å². The molecule has 6 nitrogen and oxygen atoms in total. The second-order valence-electron chi connectivity index (χ2n) is 7.83. The minimum absolute atomic E-state index is 0.0351. The number of carbonyl (C=O) groups excluding carboxylic acids is 2. The number of amides is 2. The zero-order chi connectivity index (χ0) is 18.1. The van der Waals surface area contributed by atoms with E-state index in [9.17, 15) is 9.59 Å². The van der Waals surface area contributed by atoms with Crippen molar-refractivity contribution in [3.05, 3.63) is 16.6 Å². The molecule has 0 N–H and O–H groups in total.